The van der Waals surface area contributed by atoms with Crippen LogP contribution in [0.5, 0.6) is 0 Å². The molecule has 0 spiro atoms. The van der Waals surface area contributed by atoms with E-state index in [0.29, 0.717) is 16.0 Å². The van der Waals surface area contributed by atoms with Crippen molar-refractivity contribution >= 4 is 33.4 Å². The van der Waals surface area contributed by atoms with E-state index < -0.39 is 0 Å². The van der Waals surface area contributed by atoms with Crippen molar-refractivity contribution in [2.75, 3.05) is 18.4 Å². The third-order valence-corrected chi connectivity index (χ3v) is 2.40. The maximum atomic E-state index is 11.5. The number of nitrogens with two attached hydrogens (primary N) is 1. The Balaban J connectivity index is 2.53. The number of hydrogen-bond donors (Lipinski definition) is 3. The Labute approximate surface area is 107 Å². The number of carbonyl (C=O) groups excluding carboxylic acids is 2. The SMILES string of the molecule is Cc1nc(Br)ccc1NC(=O)CNC(=O)CN. The van der Waals surface area contributed by atoms with Crippen LogP contribution >= 0.6 is 15.9 Å². The second-order valence-electron chi connectivity index (χ2n) is 3.30. The zero-order chi connectivity index (χ0) is 12.8. The first-order chi connectivity index (χ1) is 8.02. The number of halogens is 1. The van der Waals surface area contributed by atoms with Crippen LogP contribution in [0.3, 0.4) is 0 Å². The minimum absolute atomic E-state index is 0.106. The van der Waals surface area contributed by atoms with Gasteiger partial charge in [-0.25, -0.2) is 4.98 Å². The molecule has 0 aliphatic rings. The van der Waals surface area contributed by atoms with Crippen molar-refractivity contribution in [3.8, 4) is 0 Å². The number of anilines is 1. The molecular weight excluding hydrogens is 288 g/mol. The third kappa shape index (κ3) is 4.49. The normalized spacial score (nSPS) is 9.82. The number of amides is 2. The van der Waals surface area contributed by atoms with Crippen molar-refractivity contribution in [1.82, 2.24) is 10.3 Å². The van der Waals surface area contributed by atoms with Crippen LogP contribution in [0.1, 0.15) is 5.69 Å². The maximum Gasteiger partial charge on any atom is 0.243 e. The Morgan fingerprint density at radius 3 is 2.71 bits per heavy atom. The Kier molecular flexibility index (Phi) is 5.05. The molecule has 0 aliphatic heterocycles. The summed E-state index contributed by atoms with van der Waals surface area (Å²) >= 11 is 3.23. The maximum absolute atomic E-state index is 11.5. The quantitative estimate of drug-likeness (QED) is 0.690. The number of nitrogens with one attached hydrogen (secondary N) is 2. The molecule has 1 aromatic heterocycles. The van der Waals surface area contributed by atoms with Crippen LogP contribution in [0.15, 0.2) is 16.7 Å². The number of aryl methyl sites for hydroxylation is 1. The molecule has 0 aromatic carbocycles. The molecule has 6 nitrogen and oxygen atoms in total. The van der Waals surface area contributed by atoms with Gasteiger partial charge in [-0.3, -0.25) is 9.59 Å². The van der Waals surface area contributed by atoms with Gasteiger partial charge in [0.25, 0.3) is 0 Å². The fourth-order valence-electron chi connectivity index (χ4n) is 1.11. The minimum atomic E-state index is -0.370. The highest BCUT2D eigenvalue weighted by Crippen LogP contribution is 2.15. The van der Waals surface area contributed by atoms with Crippen LogP contribution < -0.4 is 16.4 Å². The Hall–Kier alpha value is -1.47. The molecule has 0 fully saturated rings. The summed E-state index contributed by atoms with van der Waals surface area (Å²) in [5.41, 5.74) is 6.40. The first-order valence-corrected chi connectivity index (χ1v) is 5.72. The van der Waals surface area contributed by atoms with E-state index in [1.165, 1.54) is 0 Å². The average molecular weight is 301 g/mol. The molecule has 7 heteroatoms. The Bertz CT molecular complexity index is 436. The zero-order valence-corrected chi connectivity index (χ0v) is 10.9. The Morgan fingerprint density at radius 1 is 1.41 bits per heavy atom. The minimum Gasteiger partial charge on any atom is -0.346 e. The monoisotopic (exact) mass is 300 g/mol. The van der Waals surface area contributed by atoms with Crippen molar-refractivity contribution in [1.29, 1.82) is 0 Å². The summed E-state index contributed by atoms with van der Waals surface area (Å²) in [5.74, 6) is -0.690. The third-order valence-electron chi connectivity index (χ3n) is 1.96. The van der Waals surface area contributed by atoms with Gasteiger partial charge in [-0.05, 0) is 35.0 Å². The summed E-state index contributed by atoms with van der Waals surface area (Å²) in [5, 5.41) is 5.02. The fraction of sp³-hybridized carbons (Fsp3) is 0.300. The average Bonchev–Trinajstić information content (AvgIpc) is 2.29. The molecule has 92 valence electrons. The van der Waals surface area contributed by atoms with Gasteiger partial charge in [0.15, 0.2) is 0 Å². The first kappa shape index (κ1) is 13.6. The van der Waals surface area contributed by atoms with Gasteiger partial charge in [-0.2, -0.15) is 0 Å². The van der Waals surface area contributed by atoms with E-state index >= 15 is 0 Å². The van der Waals surface area contributed by atoms with E-state index in [1.807, 2.05) is 0 Å². The summed E-state index contributed by atoms with van der Waals surface area (Å²) in [6, 6.07) is 3.45. The topological polar surface area (TPSA) is 97.1 Å². The molecule has 2 amide bonds. The molecule has 0 bridgehead atoms. The molecule has 1 rings (SSSR count). The van der Waals surface area contributed by atoms with Crippen molar-refractivity contribution in [3.63, 3.8) is 0 Å². The largest absolute Gasteiger partial charge is 0.346 e. The summed E-state index contributed by atoms with van der Waals surface area (Å²) in [7, 11) is 0. The lowest BCUT2D eigenvalue weighted by atomic mass is 10.3. The van der Waals surface area contributed by atoms with Crippen molar-refractivity contribution < 1.29 is 9.59 Å². The van der Waals surface area contributed by atoms with Crippen molar-refractivity contribution in [2.24, 2.45) is 5.73 Å². The van der Waals surface area contributed by atoms with Crippen LogP contribution in [0.25, 0.3) is 0 Å². The fourth-order valence-corrected chi connectivity index (χ4v) is 1.51. The molecule has 1 heterocycles. The molecule has 0 saturated carbocycles. The summed E-state index contributed by atoms with van der Waals surface area (Å²) in [4.78, 5) is 26.4. The molecule has 0 unspecified atom stereocenters. The lowest BCUT2D eigenvalue weighted by molar-refractivity contribution is -0.123. The zero-order valence-electron chi connectivity index (χ0n) is 9.29. The van der Waals surface area contributed by atoms with E-state index in [-0.39, 0.29) is 24.9 Å². The van der Waals surface area contributed by atoms with Gasteiger partial charge < -0.3 is 16.4 Å². The number of pyridine rings is 1. The van der Waals surface area contributed by atoms with Crippen LogP contribution in [-0.4, -0.2) is 29.9 Å². The molecule has 0 atom stereocenters. The van der Waals surface area contributed by atoms with Crippen molar-refractivity contribution in [3.05, 3.63) is 22.4 Å². The van der Waals surface area contributed by atoms with Gasteiger partial charge in [0.2, 0.25) is 11.8 Å². The first-order valence-electron chi connectivity index (χ1n) is 4.92. The van der Waals surface area contributed by atoms with Gasteiger partial charge >= 0.3 is 0 Å². The van der Waals surface area contributed by atoms with Gasteiger partial charge in [-0.1, -0.05) is 0 Å². The van der Waals surface area contributed by atoms with Crippen LogP contribution in [0.2, 0.25) is 0 Å². The van der Waals surface area contributed by atoms with Gasteiger partial charge in [0.1, 0.15) is 4.60 Å². The summed E-state index contributed by atoms with van der Waals surface area (Å²) in [6.07, 6.45) is 0. The predicted octanol–water partition coefficient (Wildman–Crippen LogP) is 0.166. The van der Waals surface area contributed by atoms with Crippen LogP contribution in [0, 0.1) is 6.92 Å². The number of nitrogens with zero attached hydrogens (tertiary/aromatic N) is 1. The smallest absolute Gasteiger partial charge is 0.243 e. The second kappa shape index (κ2) is 6.31. The van der Waals surface area contributed by atoms with E-state index in [0.717, 1.165) is 0 Å². The molecular formula is C10H13BrN4O2. The van der Waals surface area contributed by atoms with Gasteiger partial charge in [0, 0.05) is 0 Å². The van der Waals surface area contributed by atoms with E-state index in [2.05, 4.69) is 31.5 Å². The lowest BCUT2D eigenvalue weighted by Gasteiger charge is -2.08. The van der Waals surface area contributed by atoms with E-state index in [1.54, 1.807) is 19.1 Å². The molecule has 0 aliphatic carbocycles. The molecule has 4 N–H and O–H groups in total. The molecule has 0 radical (unpaired) electrons. The highest BCUT2D eigenvalue weighted by atomic mass is 79.9. The predicted molar refractivity (Wildman–Crippen MR) is 67.4 cm³/mol. The molecule has 0 saturated heterocycles. The molecule has 17 heavy (non-hydrogen) atoms. The standard InChI is InChI=1S/C10H13BrN4O2/c1-6-7(2-3-8(11)14-6)15-10(17)5-13-9(16)4-12/h2-3H,4-5,12H2,1H3,(H,13,16)(H,15,17). The van der Waals surface area contributed by atoms with Crippen LogP contribution in [0.4, 0.5) is 5.69 Å². The van der Waals surface area contributed by atoms with E-state index in [4.69, 9.17) is 5.73 Å². The molecule has 1 aromatic rings. The number of aromatic nitrogens is 1. The summed E-state index contributed by atoms with van der Waals surface area (Å²) < 4.78 is 0.699. The summed E-state index contributed by atoms with van der Waals surface area (Å²) in [6.45, 7) is 1.54. The highest BCUT2D eigenvalue weighted by molar-refractivity contribution is 9.10. The van der Waals surface area contributed by atoms with E-state index in [9.17, 15) is 9.59 Å². The highest BCUT2D eigenvalue weighted by Gasteiger charge is 2.07. The number of carbonyl (C=O) groups is 2. The second-order valence-corrected chi connectivity index (χ2v) is 4.11. The van der Waals surface area contributed by atoms with Crippen molar-refractivity contribution in [2.45, 2.75) is 6.92 Å². The lowest BCUT2D eigenvalue weighted by Crippen LogP contribution is -2.36. The van der Waals surface area contributed by atoms with Gasteiger partial charge in [0.05, 0.1) is 24.5 Å². The van der Waals surface area contributed by atoms with Gasteiger partial charge in [-0.15, -0.1) is 0 Å². The Morgan fingerprint density at radius 2 is 2.12 bits per heavy atom. The van der Waals surface area contributed by atoms with Crippen LogP contribution in [-0.2, 0) is 9.59 Å². The number of rotatable bonds is 4. The number of hydrogen-bond acceptors (Lipinski definition) is 4.